The molecule has 98 valence electrons. The van der Waals surface area contributed by atoms with Crippen LogP contribution in [0.3, 0.4) is 0 Å². The Hall–Kier alpha value is -1.61. The molecule has 3 heteroatoms. The lowest BCUT2D eigenvalue weighted by Crippen LogP contribution is -2.14. The smallest absolute Gasteiger partial charge is 0.311 e. The number of hydrogen-bond acceptors (Lipinski definition) is 1. The minimum absolute atomic E-state index is 0.505. The van der Waals surface area contributed by atoms with Gasteiger partial charge in [-0.3, -0.25) is 4.79 Å². The number of aryl methyl sites for hydroxylation is 1. The van der Waals surface area contributed by atoms with Gasteiger partial charge < -0.3 is 5.11 Å². The van der Waals surface area contributed by atoms with Crippen LogP contribution in [-0.4, -0.2) is 11.1 Å². The Bertz CT molecular complexity index is 576. The summed E-state index contributed by atoms with van der Waals surface area (Å²) in [5, 5.41) is 9.41. The molecular weight excluding hydrogens is 304 g/mol. The molecule has 0 aliphatic heterocycles. The summed E-state index contributed by atoms with van der Waals surface area (Å²) in [5.41, 5.74) is 3.03. The van der Waals surface area contributed by atoms with E-state index in [0.29, 0.717) is 6.42 Å². The van der Waals surface area contributed by atoms with Crippen LogP contribution >= 0.6 is 15.9 Å². The SMILES string of the molecule is Cc1cccc(CC(C(=O)O)c2ccc(Br)cc2)c1. The predicted molar refractivity (Wildman–Crippen MR) is 79.4 cm³/mol. The van der Waals surface area contributed by atoms with Crippen LogP contribution in [0.4, 0.5) is 0 Å². The van der Waals surface area contributed by atoms with Crippen molar-refractivity contribution in [2.45, 2.75) is 19.3 Å². The van der Waals surface area contributed by atoms with Crippen LogP contribution in [0, 0.1) is 6.92 Å². The Labute approximate surface area is 121 Å². The lowest BCUT2D eigenvalue weighted by Gasteiger charge is -2.13. The zero-order valence-corrected chi connectivity index (χ0v) is 12.2. The number of carboxylic acid groups (broad SMARTS) is 1. The number of aliphatic carboxylic acids is 1. The van der Waals surface area contributed by atoms with E-state index in [4.69, 9.17) is 0 Å². The lowest BCUT2D eigenvalue weighted by molar-refractivity contribution is -0.138. The predicted octanol–water partition coefficient (Wildman–Crippen LogP) is 4.17. The first kappa shape index (κ1) is 13.8. The van der Waals surface area contributed by atoms with Crippen LogP contribution in [0.15, 0.2) is 53.0 Å². The largest absolute Gasteiger partial charge is 0.481 e. The molecule has 0 amide bonds. The fourth-order valence-electron chi connectivity index (χ4n) is 2.12. The number of benzene rings is 2. The molecule has 0 saturated heterocycles. The van der Waals surface area contributed by atoms with E-state index in [-0.39, 0.29) is 0 Å². The van der Waals surface area contributed by atoms with Gasteiger partial charge in [-0.05, 0) is 36.6 Å². The van der Waals surface area contributed by atoms with E-state index in [0.717, 1.165) is 21.2 Å². The normalized spacial score (nSPS) is 12.1. The van der Waals surface area contributed by atoms with Gasteiger partial charge in [0, 0.05) is 4.47 Å². The minimum atomic E-state index is -0.788. The molecule has 0 radical (unpaired) electrons. The summed E-state index contributed by atoms with van der Waals surface area (Å²) in [7, 11) is 0. The molecule has 1 unspecified atom stereocenters. The van der Waals surface area contributed by atoms with Gasteiger partial charge >= 0.3 is 5.97 Å². The van der Waals surface area contributed by atoms with Gasteiger partial charge in [0.25, 0.3) is 0 Å². The standard InChI is InChI=1S/C16H15BrO2/c1-11-3-2-4-12(9-11)10-15(16(18)19)13-5-7-14(17)8-6-13/h2-9,15H,10H2,1H3,(H,18,19). The zero-order chi connectivity index (χ0) is 13.8. The van der Waals surface area contributed by atoms with Crippen LogP contribution in [0.5, 0.6) is 0 Å². The van der Waals surface area contributed by atoms with Gasteiger partial charge in [-0.2, -0.15) is 0 Å². The fraction of sp³-hybridized carbons (Fsp3) is 0.188. The second-order valence-corrected chi connectivity index (χ2v) is 5.55. The van der Waals surface area contributed by atoms with Crippen molar-refractivity contribution in [1.29, 1.82) is 0 Å². The molecular formula is C16H15BrO2. The van der Waals surface area contributed by atoms with Crippen LogP contribution in [0.2, 0.25) is 0 Å². The lowest BCUT2D eigenvalue weighted by atomic mass is 9.91. The first-order valence-corrected chi connectivity index (χ1v) is 6.89. The number of rotatable bonds is 4. The number of hydrogen-bond donors (Lipinski definition) is 1. The summed E-state index contributed by atoms with van der Waals surface area (Å²) >= 11 is 3.36. The minimum Gasteiger partial charge on any atom is -0.481 e. The average Bonchev–Trinajstić information content (AvgIpc) is 2.37. The van der Waals surface area contributed by atoms with E-state index in [9.17, 15) is 9.90 Å². The topological polar surface area (TPSA) is 37.3 Å². The Kier molecular flexibility index (Phi) is 4.38. The van der Waals surface area contributed by atoms with E-state index < -0.39 is 11.9 Å². The molecule has 0 spiro atoms. The molecule has 0 aromatic heterocycles. The van der Waals surface area contributed by atoms with Crippen LogP contribution in [0.1, 0.15) is 22.6 Å². The molecule has 2 aromatic carbocycles. The highest BCUT2D eigenvalue weighted by molar-refractivity contribution is 9.10. The third kappa shape index (κ3) is 3.67. The van der Waals surface area contributed by atoms with E-state index in [1.165, 1.54) is 0 Å². The van der Waals surface area contributed by atoms with Gasteiger partial charge in [0.2, 0.25) is 0 Å². The van der Waals surface area contributed by atoms with E-state index in [1.807, 2.05) is 55.5 Å². The second kappa shape index (κ2) is 6.02. The number of halogens is 1. The van der Waals surface area contributed by atoms with Crippen LogP contribution < -0.4 is 0 Å². The average molecular weight is 319 g/mol. The molecule has 0 heterocycles. The molecule has 0 fully saturated rings. The summed E-state index contributed by atoms with van der Waals surface area (Å²) in [5.74, 6) is -1.29. The van der Waals surface area contributed by atoms with Gasteiger partial charge in [-0.25, -0.2) is 0 Å². The molecule has 0 aliphatic carbocycles. The summed E-state index contributed by atoms with van der Waals surface area (Å²) in [6.07, 6.45) is 0.513. The van der Waals surface area contributed by atoms with Crippen molar-refractivity contribution in [2.24, 2.45) is 0 Å². The fourth-order valence-corrected chi connectivity index (χ4v) is 2.38. The van der Waals surface area contributed by atoms with Crippen molar-refractivity contribution in [3.05, 3.63) is 69.7 Å². The van der Waals surface area contributed by atoms with E-state index >= 15 is 0 Å². The van der Waals surface area contributed by atoms with Crippen molar-refractivity contribution >= 4 is 21.9 Å². The first-order chi connectivity index (χ1) is 9.06. The monoisotopic (exact) mass is 318 g/mol. The summed E-state index contributed by atoms with van der Waals surface area (Å²) in [6.45, 7) is 2.01. The third-order valence-electron chi connectivity index (χ3n) is 3.09. The maximum absolute atomic E-state index is 11.5. The maximum Gasteiger partial charge on any atom is 0.311 e. The molecule has 1 N–H and O–H groups in total. The highest BCUT2D eigenvalue weighted by atomic mass is 79.9. The van der Waals surface area contributed by atoms with Gasteiger partial charge in [0.1, 0.15) is 0 Å². The number of carbonyl (C=O) groups is 1. The zero-order valence-electron chi connectivity index (χ0n) is 10.6. The van der Waals surface area contributed by atoms with Crippen molar-refractivity contribution in [3.8, 4) is 0 Å². The Morgan fingerprint density at radius 2 is 1.89 bits per heavy atom. The van der Waals surface area contributed by atoms with E-state index in [1.54, 1.807) is 0 Å². The van der Waals surface area contributed by atoms with Crippen LogP contribution in [-0.2, 0) is 11.2 Å². The highest BCUT2D eigenvalue weighted by Crippen LogP contribution is 2.23. The molecule has 0 saturated carbocycles. The van der Waals surface area contributed by atoms with Crippen molar-refractivity contribution in [1.82, 2.24) is 0 Å². The molecule has 2 nitrogen and oxygen atoms in total. The van der Waals surface area contributed by atoms with Crippen LogP contribution in [0.25, 0.3) is 0 Å². The molecule has 1 atom stereocenters. The molecule has 0 aliphatic rings. The van der Waals surface area contributed by atoms with Crippen molar-refractivity contribution in [3.63, 3.8) is 0 Å². The third-order valence-corrected chi connectivity index (χ3v) is 3.62. The summed E-state index contributed by atoms with van der Waals surface area (Å²) in [4.78, 5) is 11.5. The van der Waals surface area contributed by atoms with Gasteiger partial charge in [-0.15, -0.1) is 0 Å². The Morgan fingerprint density at radius 3 is 2.47 bits per heavy atom. The summed E-state index contributed by atoms with van der Waals surface area (Å²) < 4.78 is 0.955. The first-order valence-electron chi connectivity index (χ1n) is 6.10. The van der Waals surface area contributed by atoms with Gasteiger partial charge in [0.15, 0.2) is 0 Å². The van der Waals surface area contributed by atoms with Gasteiger partial charge in [0.05, 0.1) is 5.92 Å². The molecule has 19 heavy (non-hydrogen) atoms. The Morgan fingerprint density at radius 1 is 1.21 bits per heavy atom. The molecule has 0 bridgehead atoms. The highest BCUT2D eigenvalue weighted by Gasteiger charge is 2.20. The van der Waals surface area contributed by atoms with Crippen molar-refractivity contribution < 1.29 is 9.90 Å². The molecule has 2 aromatic rings. The summed E-state index contributed by atoms with van der Waals surface area (Å²) in [6, 6.07) is 15.5. The second-order valence-electron chi connectivity index (χ2n) is 4.64. The Balaban J connectivity index is 2.26. The number of carboxylic acids is 1. The van der Waals surface area contributed by atoms with Gasteiger partial charge in [-0.1, -0.05) is 57.9 Å². The van der Waals surface area contributed by atoms with E-state index in [2.05, 4.69) is 15.9 Å². The molecule has 2 rings (SSSR count). The maximum atomic E-state index is 11.5. The quantitative estimate of drug-likeness (QED) is 0.918. The van der Waals surface area contributed by atoms with Crippen molar-refractivity contribution in [2.75, 3.05) is 0 Å².